The Balaban J connectivity index is 1.58. The molecule has 1 N–H and O–H groups in total. The predicted octanol–water partition coefficient (Wildman–Crippen LogP) is 6.10. The summed E-state index contributed by atoms with van der Waals surface area (Å²) < 4.78 is 0. The summed E-state index contributed by atoms with van der Waals surface area (Å²) in [5.41, 5.74) is 8.12. The number of rotatable bonds is 3. The topological polar surface area (TPSA) is 45.8 Å². The smallest absolute Gasteiger partial charge is 0.255 e. The summed E-state index contributed by atoms with van der Waals surface area (Å²) in [7, 11) is 0. The highest BCUT2D eigenvalue weighted by atomic mass is 32.2. The molecular formula is C26H28N2OS. The van der Waals surface area contributed by atoms with Crippen LogP contribution in [0.3, 0.4) is 0 Å². The highest BCUT2D eigenvalue weighted by molar-refractivity contribution is 7.98. The summed E-state index contributed by atoms with van der Waals surface area (Å²) in [5.74, 6) is 0.799. The molecule has 1 aromatic heterocycles. The summed E-state index contributed by atoms with van der Waals surface area (Å²) in [6.07, 6.45) is 6.82. The molecule has 0 unspecified atom stereocenters. The van der Waals surface area contributed by atoms with Crippen LogP contribution in [0.2, 0.25) is 0 Å². The molecule has 3 nitrogen and oxygen atoms in total. The maximum absolute atomic E-state index is 13.4. The van der Waals surface area contributed by atoms with Gasteiger partial charge in [-0.3, -0.25) is 4.79 Å². The predicted molar refractivity (Wildman–Crippen MR) is 124 cm³/mol. The monoisotopic (exact) mass is 416 g/mol. The van der Waals surface area contributed by atoms with Gasteiger partial charge in [-0.25, -0.2) is 4.98 Å². The molecule has 0 aliphatic heterocycles. The highest BCUT2D eigenvalue weighted by Crippen LogP contribution is 2.48. The zero-order valence-corrected chi connectivity index (χ0v) is 18.6. The minimum Gasteiger partial charge on any atom is -0.301 e. The Labute approximate surface area is 182 Å². The van der Waals surface area contributed by atoms with E-state index in [1.54, 1.807) is 11.8 Å². The zero-order valence-electron chi connectivity index (χ0n) is 17.8. The van der Waals surface area contributed by atoms with Crippen LogP contribution in [0.15, 0.2) is 52.4 Å². The number of aromatic amines is 1. The Bertz CT molecular complexity index is 1140. The second-order valence-electron chi connectivity index (χ2n) is 9.05. The second-order valence-corrected chi connectivity index (χ2v) is 10.0. The number of fused-ring (bicyclic) bond motifs is 4. The molecule has 0 amide bonds. The van der Waals surface area contributed by atoms with Gasteiger partial charge in [-0.15, -0.1) is 0 Å². The Morgan fingerprint density at radius 1 is 1.00 bits per heavy atom. The van der Waals surface area contributed by atoms with Crippen molar-refractivity contribution in [2.45, 2.75) is 68.7 Å². The van der Waals surface area contributed by atoms with Gasteiger partial charge in [0.15, 0.2) is 5.16 Å². The number of hydrogen-bond donors (Lipinski definition) is 1. The first-order valence-electron chi connectivity index (χ1n) is 11.0. The minimum atomic E-state index is -0.0451. The first-order chi connectivity index (χ1) is 14.5. The van der Waals surface area contributed by atoms with Crippen LogP contribution in [0.4, 0.5) is 0 Å². The van der Waals surface area contributed by atoms with Crippen LogP contribution in [0.25, 0.3) is 11.3 Å². The lowest BCUT2D eigenvalue weighted by atomic mass is 9.62. The van der Waals surface area contributed by atoms with E-state index in [1.807, 2.05) is 0 Å². The Morgan fingerprint density at radius 2 is 1.73 bits per heavy atom. The number of H-pyrrole nitrogens is 1. The molecule has 0 bridgehead atoms. The Morgan fingerprint density at radius 3 is 2.50 bits per heavy atom. The van der Waals surface area contributed by atoms with E-state index in [4.69, 9.17) is 4.98 Å². The molecule has 154 valence electrons. The van der Waals surface area contributed by atoms with Gasteiger partial charge in [0.05, 0.1) is 11.3 Å². The summed E-state index contributed by atoms with van der Waals surface area (Å²) in [6, 6.07) is 15.2. The van der Waals surface area contributed by atoms with Crippen molar-refractivity contribution in [2.24, 2.45) is 0 Å². The number of aryl methyl sites for hydroxylation is 2. The summed E-state index contributed by atoms with van der Waals surface area (Å²) in [6.45, 7) is 4.21. The number of hydrogen-bond acceptors (Lipinski definition) is 3. The van der Waals surface area contributed by atoms with Crippen molar-refractivity contribution in [3.8, 4) is 11.3 Å². The molecule has 30 heavy (non-hydrogen) atoms. The van der Waals surface area contributed by atoms with Gasteiger partial charge in [0.25, 0.3) is 5.56 Å². The molecule has 2 aliphatic carbocycles. The van der Waals surface area contributed by atoms with Crippen molar-refractivity contribution in [1.29, 1.82) is 0 Å². The third kappa shape index (κ3) is 3.51. The van der Waals surface area contributed by atoms with E-state index in [9.17, 15) is 4.79 Å². The summed E-state index contributed by atoms with van der Waals surface area (Å²) >= 11 is 1.61. The molecule has 1 saturated carbocycles. The van der Waals surface area contributed by atoms with Crippen molar-refractivity contribution in [3.63, 3.8) is 0 Å². The van der Waals surface area contributed by atoms with E-state index in [1.165, 1.54) is 41.5 Å². The molecule has 2 aromatic carbocycles. The molecule has 1 fully saturated rings. The number of benzene rings is 2. The average molecular weight is 417 g/mol. The molecule has 0 saturated heterocycles. The van der Waals surface area contributed by atoms with Gasteiger partial charge in [-0.1, -0.05) is 78.5 Å². The number of nitrogens with one attached hydrogen (secondary N) is 1. The highest BCUT2D eigenvalue weighted by Gasteiger charge is 2.42. The van der Waals surface area contributed by atoms with Crippen LogP contribution in [0.5, 0.6) is 0 Å². The summed E-state index contributed by atoms with van der Waals surface area (Å²) in [5, 5.41) is 0.722. The first-order valence-corrected chi connectivity index (χ1v) is 12.0. The van der Waals surface area contributed by atoms with Crippen LogP contribution in [0.1, 0.15) is 59.9 Å². The van der Waals surface area contributed by atoms with E-state index < -0.39 is 0 Å². The van der Waals surface area contributed by atoms with E-state index in [-0.39, 0.29) is 11.0 Å². The van der Waals surface area contributed by atoms with Crippen LogP contribution < -0.4 is 5.56 Å². The summed E-state index contributed by atoms with van der Waals surface area (Å²) in [4.78, 5) is 21.6. The fraction of sp³-hybridized carbons (Fsp3) is 0.385. The second kappa shape index (κ2) is 7.73. The van der Waals surface area contributed by atoms with Gasteiger partial charge in [-0.2, -0.15) is 0 Å². The lowest BCUT2D eigenvalue weighted by Crippen LogP contribution is -2.40. The average Bonchev–Trinajstić information content (AvgIpc) is 2.74. The largest absolute Gasteiger partial charge is 0.301 e. The van der Waals surface area contributed by atoms with Crippen LogP contribution in [0, 0.1) is 13.8 Å². The Hall–Kier alpha value is -2.33. The van der Waals surface area contributed by atoms with Crippen molar-refractivity contribution in [1.82, 2.24) is 9.97 Å². The maximum Gasteiger partial charge on any atom is 0.255 e. The van der Waals surface area contributed by atoms with Gasteiger partial charge in [-0.05, 0) is 50.3 Å². The van der Waals surface area contributed by atoms with E-state index >= 15 is 0 Å². The lowest BCUT2D eigenvalue weighted by Gasteiger charge is -2.41. The Kier molecular flexibility index (Phi) is 5.06. The molecule has 1 spiro atoms. The van der Waals surface area contributed by atoms with Gasteiger partial charge in [0, 0.05) is 16.7 Å². The van der Waals surface area contributed by atoms with Crippen molar-refractivity contribution < 1.29 is 0 Å². The standard InChI is InChI=1S/C26H28N2OS/c1-17-6-9-19(10-7-17)16-30-25-27-23-21-14-18(2)8-11-20(21)15-26(12-4-3-5-13-26)22(23)24(29)28-25/h6-11,14H,3-5,12-13,15-16H2,1-2H3,(H,27,28,29). The van der Waals surface area contributed by atoms with E-state index in [2.05, 4.69) is 61.3 Å². The molecular weight excluding hydrogens is 388 g/mol. The van der Waals surface area contributed by atoms with Crippen molar-refractivity contribution >= 4 is 11.8 Å². The molecule has 1 heterocycles. The van der Waals surface area contributed by atoms with Gasteiger partial charge >= 0.3 is 0 Å². The maximum atomic E-state index is 13.4. The molecule has 0 atom stereocenters. The van der Waals surface area contributed by atoms with E-state index in [0.717, 1.165) is 47.0 Å². The van der Waals surface area contributed by atoms with Gasteiger partial charge in [0.2, 0.25) is 0 Å². The fourth-order valence-electron chi connectivity index (χ4n) is 5.22. The van der Waals surface area contributed by atoms with Gasteiger partial charge in [0.1, 0.15) is 0 Å². The molecule has 5 rings (SSSR count). The third-order valence-electron chi connectivity index (χ3n) is 6.78. The van der Waals surface area contributed by atoms with Crippen LogP contribution in [-0.2, 0) is 17.6 Å². The number of aromatic nitrogens is 2. The molecule has 2 aliphatic rings. The van der Waals surface area contributed by atoms with E-state index in [0.29, 0.717) is 0 Å². The molecule has 3 aromatic rings. The number of nitrogens with zero attached hydrogens (tertiary/aromatic N) is 1. The molecule has 4 heteroatoms. The SMILES string of the molecule is Cc1ccc(CSc2nc3c(c(=O)[nH]2)C2(CCCCC2)Cc2ccc(C)cc2-3)cc1. The van der Waals surface area contributed by atoms with Crippen molar-refractivity contribution in [3.05, 3.63) is 80.6 Å². The fourth-order valence-corrected chi connectivity index (χ4v) is 6.03. The quantitative estimate of drug-likeness (QED) is 0.414. The van der Waals surface area contributed by atoms with Crippen molar-refractivity contribution in [2.75, 3.05) is 0 Å². The normalized spacial score (nSPS) is 16.9. The van der Waals surface area contributed by atoms with Crippen LogP contribution in [-0.4, -0.2) is 9.97 Å². The van der Waals surface area contributed by atoms with Crippen LogP contribution >= 0.6 is 11.8 Å². The zero-order chi connectivity index (χ0) is 20.7. The lowest BCUT2D eigenvalue weighted by molar-refractivity contribution is 0.284. The van der Waals surface area contributed by atoms with Gasteiger partial charge < -0.3 is 4.98 Å². The first kappa shape index (κ1) is 19.6. The number of thioether (sulfide) groups is 1. The minimum absolute atomic E-state index is 0.0451. The third-order valence-corrected chi connectivity index (χ3v) is 7.73. The molecule has 0 radical (unpaired) electrons.